The molecule has 0 fully saturated rings. The number of carbonyl (C=O) groups excluding carboxylic acids is 1. The molecule has 9 heteroatoms. The highest BCUT2D eigenvalue weighted by molar-refractivity contribution is 7.15. The van der Waals surface area contributed by atoms with Crippen molar-refractivity contribution in [3.05, 3.63) is 87.3 Å². The summed E-state index contributed by atoms with van der Waals surface area (Å²) in [7, 11) is 0. The van der Waals surface area contributed by atoms with Crippen molar-refractivity contribution in [3.63, 3.8) is 0 Å². The van der Waals surface area contributed by atoms with Gasteiger partial charge in [-0.05, 0) is 43.3 Å². The summed E-state index contributed by atoms with van der Waals surface area (Å²) in [6.07, 6.45) is 3.34. The zero-order valence-corrected chi connectivity index (χ0v) is 18.7. The van der Waals surface area contributed by atoms with E-state index in [9.17, 15) is 4.79 Å². The van der Waals surface area contributed by atoms with Crippen LogP contribution in [0, 0.1) is 6.92 Å². The molecule has 6 nitrogen and oxygen atoms in total. The molecular formula is C22H17Cl2N5OS. The Morgan fingerprint density at radius 3 is 2.61 bits per heavy atom. The van der Waals surface area contributed by atoms with Crippen LogP contribution in [0.15, 0.2) is 72.0 Å². The molecule has 0 unspecified atom stereocenters. The molecule has 0 saturated carbocycles. The maximum Gasteiger partial charge on any atom is 0.326 e. The number of urea groups is 1. The summed E-state index contributed by atoms with van der Waals surface area (Å²) in [5, 5.41) is 11.0. The van der Waals surface area contributed by atoms with E-state index in [-0.39, 0.29) is 5.95 Å². The number of benzene rings is 2. The van der Waals surface area contributed by atoms with Gasteiger partial charge in [0, 0.05) is 21.2 Å². The third-order valence-corrected chi connectivity index (χ3v) is 5.81. The van der Waals surface area contributed by atoms with E-state index in [4.69, 9.17) is 23.2 Å². The van der Waals surface area contributed by atoms with Gasteiger partial charge in [0.2, 0.25) is 5.95 Å². The molecule has 0 saturated heterocycles. The van der Waals surface area contributed by atoms with Crippen molar-refractivity contribution in [2.24, 2.45) is 5.10 Å². The summed E-state index contributed by atoms with van der Waals surface area (Å²) in [5.74, 6) is 0.274. The standard InChI is InChI=1S/C22H17Cl2N5OS/c1-14-7-10-20(31-14)19-13-29(25-12-15-8-9-16(23)11-18(15)24)21(27-19)28-22(30)26-17-5-3-2-4-6-17/h2-13H,1H3,(H2,26,27,28,30). The van der Waals surface area contributed by atoms with Crippen LogP contribution in [0.5, 0.6) is 0 Å². The second-order valence-electron chi connectivity index (χ2n) is 6.56. The Morgan fingerprint density at radius 1 is 1.10 bits per heavy atom. The average Bonchev–Trinajstić information content (AvgIpc) is 3.34. The van der Waals surface area contributed by atoms with Crippen molar-refractivity contribution in [3.8, 4) is 10.6 Å². The van der Waals surface area contributed by atoms with Gasteiger partial charge in [0.15, 0.2) is 0 Å². The Hall–Kier alpha value is -3.13. The molecule has 0 spiro atoms. The molecule has 2 N–H and O–H groups in total. The smallest absolute Gasteiger partial charge is 0.308 e. The Morgan fingerprint density at radius 2 is 1.90 bits per heavy atom. The van der Waals surface area contributed by atoms with E-state index in [1.807, 2.05) is 37.3 Å². The minimum atomic E-state index is -0.424. The number of hydrogen-bond donors (Lipinski definition) is 2. The molecule has 31 heavy (non-hydrogen) atoms. The number of hydrogen-bond acceptors (Lipinski definition) is 4. The number of amides is 2. The number of aryl methyl sites for hydroxylation is 1. The van der Waals surface area contributed by atoms with E-state index >= 15 is 0 Å². The molecule has 2 amide bonds. The van der Waals surface area contributed by atoms with Gasteiger partial charge >= 0.3 is 6.03 Å². The molecular weight excluding hydrogens is 453 g/mol. The zero-order valence-electron chi connectivity index (χ0n) is 16.3. The lowest BCUT2D eigenvalue weighted by Gasteiger charge is -2.07. The maximum absolute atomic E-state index is 12.5. The van der Waals surface area contributed by atoms with Crippen molar-refractivity contribution in [2.45, 2.75) is 6.92 Å². The van der Waals surface area contributed by atoms with E-state index < -0.39 is 6.03 Å². The number of thiophene rings is 1. The van der Waals surface area contributed by atoms with Crippen molar-refractivity contribution in [2.75, 3.05) is 10.6 Å². The summed E-state index contributed by atoms with van der Waals surface area (Å²) in [5.41, 5.74) is 2.06. The number of rotatable bonds is 5. The van der Waals surface area contributed by atoms with Gasteiger partial charge in [0.1, 0.15) is 5.69 Å². The van der Waals surface area contributed by atoms with Crippen LogP contribution in [-0.4, -0.2) is 21.9 Å². The van der Waals surface area contributed by atoms with Crippen LogP contribution in [0.3, 0.4) is 0 Å². The summed E-state index contributed by atoms with van der Waals surface area (Å²) in [6, 6.07) is 17.9. The summed E-state index contributed by atoms with van der Waals surface area (Å²) >= 11 is 13.8. The quantitative estimate of drug-likeness (QED) is 0.317. The summed E-state index contributed by atoms with van der Waals surface area (Å²) in [6.45, 7) is 2.03. The van der Waals surface area contributed by atoms with Gasteiger partial charge < -0.3 is 5.32 Å². The topological polar surface area (TPSA) is 71.3 Å². The van der Waals surface area contributed by atoms with E-state index in [2.05, 4.69) is 20.7 Å². The number of anilines is 2. The SMILES string of the molecule is Cc1ccc(-c2cn(N=Cc3ccc(Cl)cc3Cl)c(NC(=O)Nc3ccccc3)n2)s1. The van der Waals surface area contributed by atoms with Crippen molar-refractivity contribution in [1.29, 1.82) is 0 Å². The van der Waals surface area contributed by atoms with Crippen LogP contribution in [-0.2, 0) is 0 Å². The molecule has 0 aliphatic rings. The monoisotopic (exact) mass is 469 g/mol. The highest BCUT2D eigenvalue weighted by atomic mass is 35.5. The molecule has 2 aromatic heterocycles. The van der Waals surface area contributed by atoms with E-state index in [0.717, 1.165) is 9.75 Å². The van der Waals surface area contributed by atoms with Crippen LogP contribution >= 0.6 is 34.5 Å². The number of aromatic nitrogens is 2. The van der Waals surface area contributed by atoms with Crippen molar-refractivity contribution < 1.29 is 4.79 Å². The third kappa shape index (κ3) is 5.32. The normalized spacial score (nSPS) is 11.1. The Bertz CT molecular complexity index is 1250. The van der Waals surface area contributed by atoms with Crippen molar-refractivity contribution >= 4 is 58.4 Å². The lowest BCUT2D eigenvalue weighted by atomic mass is 10.2. The van der Waals surface area contributed by atoms with Gasteiger partial charge in [-0.1, -0.05) is 47.5 Å². The minimum absolute atomic E-state index is 0.274. The number of halogens is 2. The number of imidazole rings is 1. The zero-order chi connectivity index (χ0) is 21.8. The van der Waals surface area contributed by atoms with Gasteiger partial charge in [-0.3, -0.25) is 5.32 Å². The maximum atomic E-state index is 12.5. The first-order chi connectivity index (χ1) is 15.0. The molecule has 4 rings (SSSR count). The predicted molar refractivity (Wildman–Crippen MR) is 129 cm³/mol. The highest BCUT2D eigenvalue weighted by Gasteiger charge is 2.14. The number of nitrogens with one attached hydrogen (secondary N) is 2. The number of para-hydroxylation sites is 1. The molecule has 2 aromatic carbocycles. The Kier molecular flexibility index (Phi) is 6.36. The van der Waals surface area contributed by atoms with Crippen molar-refractivity contribution in [1.82, 2.24) is 9.66 Å². The van der Waals surface area contributed by atoms with Crippen LogP contribution in [0.1, 0.15) is 10.4 Å². The molecule has 4 aromatic rings. The van der Waals surface area contributed by atoms with Gasteiger partial charge in [-0.2, -0.15) is 5.10 Å². The first-order valence-corrected chi connectivity index (χ1v) is 10.8. The third-order valence-electron chi connectivity index (χ3n) is 4.22. The van der Waals surface area contributed by atoms with E-state index in [1.54, 1.807) is 54.1 Å². The highest BCUT2D eigenvalue weighted by Crippen LogP contribution is 2.28. The molecule has 0 radical (unpaired) electrons. The van der Waals surface area contributed by atoms with Gasteiger partial charge in [-0.25, -0.2) is 14.5 Å². The molecule has 0 aliphatic carbocycles. The first kappa shape index (κ1) is 21.1. The number of carbonyl (C=O) groups is 1. The minimum Gasteiger partial charge on any atom is -0.308 e. The van der Waals surface area contributed by atoms with Gasteiger partial charge in [-0.15, -0.1) is 11.3 Å². The molecule has 2 heterocycles. The fraction of sp³-hybridized carbons (Fsp3) is 0.0455. The fourth-order valence-electron chi connectivity index (χ4n) is 2.75. The summed E-state index contributed by atoms with van der Waals surface area (Å²) in [4.78, 5) is 19.2. The van der Waals surface area contributed by atoms with Gasteiger partial charge in [0.05, 0.1) is 22.3 Å². The molecule has 0 aliphatic heterocycles. The van der Waals surface area contributed by atoms with E-state index in [1.165, 1.54) is 4.68 Å². The lowest BCUT2D eigenvalue weighted by molar-refractivity contribution is 0.262. The molecule has 156 valence electrons. The average molecular weight is 470 g/mol. The lowest BCUT2D eigenvalue weighted by Crippen LogP contribution is -2.21. The second-order valence-corrected chi connectivity index (χ2v) is 8.69. The Balaban J connectivity index is 1.63. The predicted octanol–water partition coefficient (Wildman–Crippen LogP) is 6.75. The largest absolute Gasteiger partial charge is 0.326 e. The van der Waals surface area contributed by atoms with Gasteiger partial charge in [0.25, 0.3) is 0 Å². The van der Waals surface area contributed by atoms with E-state index in [0.29, 0.717) is 27.0 Å². The fourth-order valence-corrected chi connectivity index (χ4v) is 4.03. The first-order valence-electron chi connectivity index (χ1n) is 9.26. The van der Waals surface area contributed by atoms with Crippen LogP contribution in [0.4, 0.5) is 16.4 Å². The number of nitrogens with zero attached hydrogens (tertiary/aromatic N) is 3. The van der Waals surface area contributed by atoms with Crippen LogP contribution in [0.25, 0.3) is 10.6 Å². The Labute approximate surface area is 193 Å². The van der Waals surface area contributed by atoms with Crippen LogP contribution in [0.2, 0.25) is 10.0 Å². The molecule has 0 atom stereocenters. The van der Waals surface area contributed by atoms with Crippen LogP contribution < -0.4 is 10.6 Å². The second kappa shape index (κ2) is 9.34. The molecule has 0 bridgehead atoms. The summed E-state index contributed by atoms with van der Waals surface area (Å²) < 4.78 is 1.50.